The van der Waals surface area contributed by atoms with Gasteiger partial charge in [0.15, 0.2) is 5.82 Å². The van der Waals surface area contributed by atoms with E-state index >= 15 is 0 Å². The van der Waals surface area contributed by atoms with Crippen LogP contribution in [0, 0.1) is 5.82 Å². The monoisotopic (exact) mass is 309 g/mol. The fourth-order valence-electron chi connectivity index (χ4n) is 3.14. The van der Waals surface area contributed by atoms with Crippen LogP contribution in [0.5, 0.6) is 5.88 Å². The number of hydrogen-bond acceptors (Lipinski definition) is 4. The van der Waals surface area contributed by atoms with Crippen molar-refractivity contribution in [3.8, 4) is 5.88 Å². The Morgan fingerprint density at radius 3 is 3.05 bits per heavy atom. The van der Waals surface area contributed by atoms with Crippen LogP contribution < -0.4 is 4.74 Å². The molecule has 0 unspecified atom stereocenters. The van der Waals surface area contributed by atoms with Crippen LogP contribution in [0.25, 0.3) is 0 Å². The fraction of sp³-hybridized carbons (Fsp3) is 0.600. The highest BCUT2D eigenvalue weighted by molar-refractivity contribution is 5.74. The van der Waals surface area contributed by atoms with Gasteiger partial charge in [0.25, 0.3) is 5.88 Å². The predicted octanol–water partition coefficient (Wildman–Crippen LogP) is 1.51. The fourth-order valence-corrected chi connectivity index (χ4v) is 3.14. The van der Waals surface area contributed by atoms with E-state index in [0.29, 0.717) is 19.6 Å². The molecule has 7 heteroatoms. The molecular weight excluding hydrogens is 289 g/mol. The van der Waals surface area contributed by atoms with Crippen LogP contribution in [-0.2, 0) is 4.74 Å². The summed E-state index contributed by atoms with van der Waals surface area (Å²) in [4.78, 5) is 19.6. The number of halogens is 1. The number of ether oxygens (including phenoxy) is 2. The van der Waals surface area contributed by atoms with Gasteiger partial charge in [0, 0.05) is 26.8 Å². The van der Waals surface area contributed by atoms with Crippen molar-refractivity contribution in [1.82, 2.24) is 14.8 Å². The molecule has 1 aliphatic carbocycles. The molecule has 120 valence electrons. The highest BCUT2D eigenvalue weighted by atomic mass is 19.1. The molecule has 3 atom stereocenters. The van der Waals surface area contributed by atoms with E-state index in [1.54, 1.807) is 19.0 Å². The third-order valence-corrected chi connectivity index (χ3v) is 4.15. The molecule has 1 saturated carbocycles. The lowest BCUT2D eigenvalue weighted by Gasteiger charge is -2.39. The summed E-state index contributed by atoms with van der Waals surface area (Å²) in [6, 6.07) is 2.79. The van der Waals surface area contributed by atoms with Crippen LogP contribution >= 0.6 is 0 Å². The first kappa shape index (κ1) is 15.0. The number of pyridine rings is 1. The Morgan fingerprint density at radius 2 is 2.32 bits per heavy atom. The van der Waals surface area contributed by atoms with E-state index in [1.807, 2.05) is 4.90 Å². The van der Waals surface area contributed by atoms with E-state index in [4.69, 9.17) is 9.47 Å². The molecule has 0 spiro atoms. The molecule has 2 heterocycles. The number of aromatic nitrogens is 1. The molecule has 1 saturated heterocycles. The van der Waals surface area contributed by atoms with Crippen LogP contribution in [0.1, 0.15) is 12.8 Å². The lowest BCUT2D eigenvalue weighted by molar-refractivity contribution is -0.0791. The molecular formula is C15H20FN3O3. The molecule has 0 radical (unpaired) electrons. The molecule has 1 aromatic rings. The minimum Gasteiger partial charge on any atom is -0.469 e. The Kier molecular flexibility index (Phi) is 4.15. The molecule has 22 heavy (non-hydrogen) atoms. The van der Waals surface area contributed by atoms with Crippen molar-refractivity contribution in [3.63, 3.8) is 0 Å². The average Bonchev–Trinajstić information content (AvgIpc) is 2.92. The second-order valence-electron chi connectivity index (χ2n) is 5.80. The first-order valence-corrected chi connectivity index (χ1v) is 7.44. The summed E-state index contributed by atoms with van der Waals surface area (Å²) in [7, 11) is 3.47. The first-order valence-electron chi connectivity index (χ1n) is 7.44. The van der Waals surface area contributed by atoms with Crippen molar-refractivity contribution in [2.45, 2.75) is 31.1 Å². The van der Waals surface area contributed by atoms with Crippen molar-refractivity contribution >= 4 is 6.03 Å². The van der Waals surface area contributed by atoms with Crippen molar-refractivity contribution in [2.24, 2.45) is 0 Å². The largest absolute Gasteiger partial charge is 0.469 e. The third kappa shape index (κ3) is 2.72. The van der Waals surface area contributed by atoms with E-state index in [-0.39, 0.29) is 30.2 Å². The number of amides is 2. The topological polar surface area (TPSA) is 54.9 Å². The minimum absolute atomic E-state index is 0.00666. The van der Waals surface area contributed by atoms with Crippen LogP contribution in [0.4, 0.5) is 9.18 Å². The Bertz CT molecular complexity index is 555. The van der Waals surface area contributed by atoms with E-state index in [9.17, 15) is 9.18 Å². The Balaban J connectivity index is 1.73. The van der Waals surface area contributed by atoms with E-state index in [0.717, 1.165) is 6.42 Å². The second kappa shape index (κ2) is 6.08. The van der Waals surface area contributed by atoms with Crippen LogP contribution in [0.2, 0.25) is 0 Å². The van der Waals surface area contributed by atoms with Gasteiger partial charge in [0.05, 0.1) is 12.6 Å². The van der Waals surface area contributed by atoms with Gasteiger partial charge in [-0.15, -0.1) is 0 Å². The Morgan fingerprint density at radius 1 is 1.50 bits per heavy atom. The van der Waals surface area contributed by atoms with Crippen LogP contribution in [-0.4, -0.2) is 66.3 Å². The standard InChI is InChI=1S/C15H20FN3O3/c1-18(2)15(20)19-8-9-21-13-11(19)5-6-12(13)22-14-10(16)4-3-7-17-14/h3-4,7,11-13H,5-6,8-9H2,1-2H3/t11-,12+,13+/m0/s1. The zero-order valence-corrected chi connectivity index (χ0v) is 12.7. The zero-order valence-electron chi connectivity index (χ0n) is 12.7. The number of morpholine rings is 1. The van der Waals surface area contributed by atoms with Gasteiger partial charge in [-0.3, -0.25) is 0 Å². The lowest BCUT2D eigenvalue weighted by atomic mass is 10.1. The molecule has 3 rings (SSSR count). The maximum Gasteiger partial charge on any atom is 0.319 e. The van der Waals surface area contributed by atoms with Crippen LogP contribution in [0.15, 0.2) is 18.3 Å². The van der Waals surface area contributed by atoms with Crippen molar-refractivity contribution in [1.29, 1.82) is 0 Å². The van der Waals surface area contributed by atoms with Gasteiger partial charge in [-0.2, -0.15) is 0 Å². The minimum atomic E-state index is -0.483. The van der Waals surface area contributed by atoms with E-state index < -0.39 is 5.82 Å². The Hall–Kier alpha value is -1.89. The first-order chi connectivity index (χ1) is 10.6. The maximum absolute atomic E-state index is 13.7. The number of carbonyl (C=O) groups is 1. The number of urea groups is 1. The van der Waals surface area contributed by atoms with Gasteiger partial charge in [-0.05, 0) is 25.0 Å². The van der Waals surface area contributed by atoms with E-state index in [2.05, 4.69) is 4.98 Å². The van der Waals surface area contributed by atoms with Crippen molar-refractivity contribution in [3.05, 3.63) is 24.1 Å². The molecule has 2 amide bonds. The lowest BCUT2D eigenvalue weighted by Crippen LogP contribution is -2.56. The van der Waals surface area contributed by atoms with Gasteiger partial charge < -0.3 is 19.3 Å². The Labute approximate surface area is 128 Å². The molecule has 0 aromatic carbocycles. The van der Waals surface area contributed by atoms with Gasteiger partial charge in [-0.25, -0.2) is 14.2 Å². The SMILES string of the molecule is CN(C)C(=O)N1CCO[C@H]2[C@H](Oc3ncccc3F)CC[C@@H]21. The molecule has 0 bridgehead atoms. The summed E-state index contributed by atoms with van der Waals surface area (Å²) in [5, 5.41) is 0. The van der Waals surface area contributed by atoms with Crippen molar-refractivity contribution < 1.29 is 18.7 Å². The van der Waals surface area contributed by atoms with Gasteiger partial charge >= 0.3 is 6.03 Å². The normalized spacial score (nSPS) is 27.4. The average molecular weight is 309 g/mol. The predicted molar refractivity (Wildman–Crippen MR) is 77.2 cm³/mol. The summed E-state index contributed by atoms with van der Waals surface area (Å²) in [5.74, 6) is -0.490. The highest BCUT2D eigenvalue weighted by Gasteiger charge is 2.46. The molecule has 1 aliphatic heterocycles. The second-order valence-corrected chi connectivity index (χ2v) is 5.80. The van der Waals surface area contributed by atoms with Gasteiger partial charge in [0.2, 0.25) is 0 Å². The van der Waals surface area contributed by atoms with E-state index in [1.165, 1.54) is 18.3 Å². The summed E-state index contributed by atoms with van der Waals surface area (Å²) >= 11 is 0. The number of rotatable bonds is 2. The smallest absolute Gasteiger partial charge is 0.319 e. The molecule has 1 aromatic heterocycles. The number of carbonyl (C=O) groups excluding carboxylic acids is 1. The summed E-state index contributed by atoms with van der Waals surface area (Å²) in [6.45, 7) is 1.04. The quantitative estimate of drug-likeness (QED) is 0.831. The number of nitrogens with zero attached hydrogens (tertiary/aromatic N) is 3. The van der Waals surface area contributed by atoms with Gasteiger partial charge in [-0.1, -0.05) is 0 Å². The molecule has 6 nitrogen and oxygen atoms in total. The summed E-state index contributed by atoms with van der Waals surface area (Å²) in [5.41, 5.74) is 0. The van der Waals surface area contributed by atoms with Gasteiger partial charge in [0.1, 0.15) is 12.2 Å². The third-order valence-electron chi connectivity index (χ3n) is 4.15. The number of fused-ring (bicyclic) bond motifs is 1. The maximum atomic E-state index is 13.7. The molecule has 0 N–H and O–H groups in total. The van der Waals surface area contributed by atoms with Crippen LogP contribution in [0.3, 0.4) is 0 Å². The van der Waals surface area contributed by atoms with Crippen molar-refractivity contribution in [2.75, 3.05) is 27.2 Å². The molecule has 2 fully saturated rings. The summed E-state index contributed by atoms with van der Waals surface area (Å²) < 4.78 is 25.2. The number of hydrogen-bond donors (Lipinski definition) is 0. The summed E-state index contributed by atoms with van der Waals surface area (Å²) in [6.07, 6.45) is 2.46. The molecule has 2 aliphatic rings. The highest BCUT2D eigenvalue weighted by Crippen LogP contribution is 2.33. The zero-order chi connectivity index (χ0) is 15.7.